The molecule has 188 valence electrons. The quantitative estimate of drug-likeness (QED) is 0.246. The number of ether oxygens (including phenoxy) is 1. The lowest BCUT2D eigenvalue weighted by atomic mass is 9.95. The molecule has 7 nitrogen and oxygen atoms in total. The Morgan fingerprint density at radius 2 is 1.86 bits per heavy atom. The van der Waals surface area contributed by atoms with Gasteiger partial charge in [-0.05, 0) is 48.4 Å². The molecule has 37 heavy (non-hydrogen) atoms. The number of aromatic nitrogens is 3. The molecule has 0 fully saturated rings. The van der Waals surface area contributed by atoms with Crippen LogP contribution in [0.5, 0.6) is 5.75 Å². The maximum Gasteiger partial charge on any atom is 0.255 e. The Balaban J connectivity index is 1.50. The van der Waals surface area contributed by atoms with E-state index < -0.39 is 6.04 Å². The van der Waals surface area contributed by atoms with Gasteiger partial charge in [0.25, 0.3) is 5.91 Å². The van der Waals surface area contributed by atoms with Crippen LogP contribution in [0.1, 0.15) is 24.1 Å². The van der Waals surface area contributed by atoms with Crippen LogP contribution in [-0.4, -0.2) is 27.8 Å². The number of hydrogen-bond acceptors (Lipinski definition) is 6. The molecule has 0 bridgehead atoms. The third kappa shape index (κ3) is 5.26. The van der Waals surface area contributed by atoms with Gasteiger partial charge in [-0.15, -0.1) is 5.10 Å². The number of carbonyl (C=O) groups excluding carboxylic acids is 1. The molecule has 0 aliphatic carbocycles. The van der Waals surface area contributed by atoms with Gasteiger partial charge >= 0.3 is 0 Å². The number of halogens is 2. The number of para-hydroxylation sites is 2. The number of thioether (sulfide) groups is 1. The molecule has 2 N–H and O–H groups in total. The van der Waals surface area contributed by atoms with E-state index in [0.29, 0.717) is 45.1 Å². The fourth-order valence-corrected chi connectivity index (χ4v) is 5.21. The predicted octanol–water partition coefficient (Wildman–Crippen LogP) is 6.41. The maximum atomic E-state index is 14.1. The van der Waals surface area contributed by atoms with Crippen LogP contribution in [0.3, 0.4) is 0 Å². The van der Waals surface area contributed by atoms with Crippen LogP contribution < -0.4 is 15.4 Å². The van der Waals surface area contributed by atoms with Crippen molar-refractivity contribution >= 4 is 45.2 Å². The maximum absolute atomic E-state index is 14.1. The monoisotopic (exact) mass is 579 g/mol. The number of benzene rings is 3. The fourth-order valence-electron chi connectivity index (χ4n) is 4.14. The molecule has 0 spiro atoms. The lowest BCUT2D eigenvalue weighted by molar-refractivity contribution is -0.113. The molecule has 1 unspecified atom stereocenters. The van der Waals surface area contributed by atoms with Gasteiger partial charge in [0.1, 0.15) is 17.6 Å². The molecule has 5 rings (SSSR count). The number of allylic oxidation sites excluding steroid dienone is 1. The normalized spacial score (nSPS) is 14.6. The Bertz CT molecular complexity index is 1490. The largest absolute Gasteiger partial charge is 0.495 e. The summed E-state index contributed by atoms with van der Waals surface area (Å²) >= 11 is 4.82. The summed E-state index contributed by atoms with van der Waals surface area (Å²) in [5, 5.41) is 11.4. The number of carbonyl (C=O) groups is 1. The minimum Gasteiger partial charge on any atom is -0.495 e. The third-order valence-electron chi connectivity index (χ3n) is 5.93. The molecule has 1 aliphatic heterocycles. The number of hydrogen-bond donors (Lipinski definition) is 2. The van der Waals surface area contributed by atoms with Crippen LogP contribution >= 0.6 is 27.7 Å². The standard InChI is InChI=1S/C27H23BrFN5O2S/c1-16-23(25(35)31-21-9-5-6-10-22(21)36-2)24(17-11-13-19(28)14-12-17)34-26(30-16)32-27(33-34)37-15-18-7-3-4-8-20(18)29/h3-14,24H,15H2,1-2H3,(H,31,35)(H,30,32,33). The van der Waals surface area contributed by atoms with Crippen LogP contribution in [0.4, 0.5) is 16.0 Å². The van der Waals surface area contributed by atoms with Gasteiger partial charge in [0.2, 0.25) is 11.1 Å². The summed E-state index contributed by atoms with van der Waals surface area (Å²) in [5.41, 5.74) is 3.16. The number of nitrogens with zero attached hydrogens (tertiary/aromatic N) is 3. The van der Waals surface area contributed by atoms with Gasteiger partial charge in [-0.25, -0.2) is 9.07 Å². The third-order valence-corrected chi connectivity index (χ3v) is 7.35. The minimum atomic E-state index is -0.533. The summed E-state index contributed by atoms with van der Waals surface area (Å²) < 4.78 is 22.2. The topological polar surface area (TPSA) is 81.1 Å². The second kappa shape index (κ2) is 10.8. The molecule has 3 aromatic carbocycles. The van der Waals surface area contributed by atoms with Crippen LogP contribution in [0.2, 0.25) is 0 Å². The molecule has 10 heteroatoms. The van der Waals surface area contributed by atoms with E-state index in [2.05, 4.69) is 31.5 Å². The minimum absolute atomic E-state index is 0.266. The van der Waals surface area contributed by atoms with Gasteiger partial charge in [-0.1, -0.05) is 70.2 Å². The Kier molecular flexibility index (Phi) is 7.29. The molecule has 0 saturated carbocycles. The highest BCUT2D eigenvalue weighted by atomic mass is 79.9. The molecular weight excluding hydrogens is 557 g/mol. The number of fused-ring (bicyclic) bond motifs is 1. The van der Waals surface area contributed by atoms with Crippen molar-refractivity contribution in [3.05, 3.63) is 105 Å². The first kappa shape index (κ1) is 25.0. The highest BCUT2D eigenvalue weighted by molar-refractivity contribution is 9.10. The summed E-state index contributed by atoms with van der Waals surface area (Å²) in [6, 6.07) is 21.1. The first-order valence-electron chi connectivity index (χ1n) is 11.4. The Hall–Kier alpha value is -3.63. The van der Waals surface area contributed by atoms with Crippen molar-refractivity contribution in [1.82, 2.24) is 14.8 Å². The van der Waals surface area contributed by atoms with Crippen molar-refractivity contribution in [2.24, 2.45) is 0 Å². The van der Waals surface area contributed by atoms with Crippen molar-refractivity contribution < 1.29 is 13.9 Å². The van der Waals surface area contributed by atoms with Crippen LogP contribution in [0, 0.1) is 5.82 Å². The molecule has 0 radical (unpaired) electrons. The average Bonchev–Trinajstić information content (AvgIpc) is 3.30. The SMILES string of the molecule is COc1ccccc1NC(=O)C1=C(C)Nc2nc(SCc3ccccc3F)nn2C1c1ccc(Br)cc1. The lowest BCUT2D eigenvalue weighted by Gasteiger charge is -2.28. The van der Waals surface area contributed by atoms with Crippen molar-refractivity contribution in [2.75, 3.05) is 17.7 Å². The number of nitrogens with one attached hydrogen (secondary N) is 2. The first-order chi connectivity index (χ1) is 17.9. The van der Waals surface area contributed by atoms with Crippen LogP contribution in [0.25, 0.3) is 0 Å². The van der Waals surface area contributed by atoms with Gasteiger partial charge in [0.05, 0.1) is 18.4 Å². The first-order valence-corrected chi connectivity index (χ1v) is 13.2. The number of rotatable bonds is 7. The van der Waals surface area contributed by atoms with Crippen LogP contribution in [-0.2, 0) is 10.5 Å². The summed E-state index contributed by atoms with van der Waals surface area (Å²) in [6.45, 7) is 1.84. The van der Waals surface area contributed by atoms with E-state index in [1.165, 1.54) is 17.8 Å². The average molecular weight is 580 g/mol. The molecule has 2 heterocycles. The van der Waals surface area contributed by atoms with E-state index in [-0.39, 0.29) is 11.7 Å². The Morgan fingerprint density at radius 3 is 2.62 bits per heavy atom. The Labute approximate surface area is 226 Å². The number of anilines is 2. The van der Waals surface area contributed by atoms with Crippen molar-refractivity contribution in [3.63, 3.8) is 0 Å². The molecule has 0 saturated heterocycles. The van der Waals surface area contributed by atoms with E-state index in [4.69, 9.17) is 9.84 Å². The zero-order chi connectivity index (χ0) is 25.9. The predicted molar refractivity (Wildman–Crippen MR) is 146 cm³/mol. The summed E-state index contributed by atoms with van der Waals surface area (Å²) in [4.78, 5) is 18.3. The second-order valence-corrected chi connectivity index (χ2v) is 10.2. The molecule has 4 aromatic rings. The zero-order valence-electron chi connectivity index (χ0n) is 20.0. The highest BCUT2D eigenvalue weighted by Crippen LogP contribution is 2.38. The molecule has 1 amide bonds. The van der Waals surface area contributed by atoms with Gasteiger partial charge in [0, 0.05) is 15.9 Å². The van der Waals surface area contributed by atoms with Gasteiger partial charge in [-0.3, -0.25) is 4.79 Å². The molecule has 1 atom stereocenters. The summed E-state index contributed by atoms with van der Waals surface area (Å²) in [7, 11) is 1.56. The van der Waals surface area contributed by atoms with Crippen molar-refractivity contribution in [1.29, 1.82) is 0 Å². The van der Waals surface area contributed by atoms with E-state index in [9.17, 15) is 9.18 Å². The van der Waals surface area contributed by atoms with E-state index >= 15 is 0 Å². The summed E-state index contributed by atoms with van der Waals surface area (Å²) in [5.74, 6) is 0.899. The van der Waals surface area contributed by atoms with Crippen LogP contribution in [0.15, 0.2) is 93.7 Å². The lowest BCUT2D eigenvalue weighted by Crippen LogP contribution is -2.31. The van der Waals surface area contributed by atoms with E-state index in [0.717, 1.165) is 10.0 Å². The van der Waals surface area contributed by atoms with Gasteiger partial charge in [-0.2, -0.15) is 4.98 Å². The fraction of sp³-hybridized carbons (Fsp3) is 0.148. The number of methoxy groups -OCH3 is 1. The smallest absolute Gasteiger partial charge is 0.255 e. The van der Waals surface area contributed by atoms with Crippen molar-refractivity contribution in [2.45, 2.75) is 23.9 Å². The number of amides is 1. The molecular formula is C27H23BrFN5O2S. The highest BCUT2D eigenvalue weighted by Gasteiger charge is 2.34. The van der Waals surface area contributed by atoms with Gasteiger partial charge in [0.15, 0.2) is 0 Å². The molecule has 1 aliphatic rings. The zero-order valence-corrected chi connectivity index (χ0v) is 22.4. The van der Waals surface area contributed by atoms with Crippen molar-refractivity contribution in [3.8, 4) is 5.75 Å². The van der Waals surface area contributed by atoms with E-state index in [1.807, 2.05) is 43.3 Å². The Morgan fingerprint density at radius 1 is 1.14 bits per heavy atom. The van der Waals surface area contributed by atoms with Gasteiger partial charge < -0.3 is 15.4 Å². The second-order valence-electron chi connectivity index (χ2n) is 8.31. The summed E-state index contributed by atoms with van der Waals surface area (Å²) in [6.07, 6.45) is 0. The van der Waals surface area contributed by atoms with E-state index in [1.54, 1.807) is 42.1 Å². The molecule has 1 aromatic heterocycles.